The van der Waals surface area contributed by atoms with Gasteiger partial charge in [-0.1, -0.05) is 26.8 Å². The number of aromatic amines is 1. The molecule has 174 valence electrons. The SMILES string of the molecule is CCc1[nH]c(C(=O)N[C@@H]2CCC(c3nc(C)c(C(=O)O)s3)=C[C@@H]2NC(CC)CC)nc1I. The maximum absolute atomic E-state index is 12.9. The zero-order valence-electron chi connectivity index (χ0n) is 18.8. The molecule has 0 radical (unpaired) electrons. The molecular formula is C22H30IN5O3S. The number of nitrogens with zero attached hydrogens (tertiary/aromatic N) is 2. The van der Waals surface area contributed by atoms with Gasteiger partial charge >= 0.3 is 5.97 Å². The molecule has 0 aliphatic heterocycles. The van der Waals surface area contributed by atoms with Crippen LogP contribution in [0.3, 0.4) is 0 Å². The predicted molar refractivity (Wildman–Crippen MR) is 134 cm³/mol. The van der Waals surface area contributed by atoms with Crippen LogP contribution < -0.4 is 10.6 Å². The molecule has 0 aromatic carbocycles. The first kappa shape index (κ1) is 24.8. The van der Waals surface area contributed by atoms with Gasteiger partial charge in [-0.2, -0.15) is 0 Å². The fourth-order valence-electron chi connectivity index (χ4n) is 3.91. The molecule has 1 aliphatic rings. The number of aromatic nitrogens is 3. The van der Waals surface area contributed by atoms with E-state index in [1.54, 1.807) is 6.92 Å². The standard InChI is InChI=1S/C22H30IN5O3S/c1-5-13(6-2)25-16-10-12(21-24-11(4)17(32-21)22(30)31)8-9-15(16)27-20(29)19-26-14(7-3)18(23)28-19/h10,13,15-16,25H,5-9H2,1-4H3,(H,26,28)(H,27,29)(H,30,31)/t15-,16+/m1/s1. The minimum absolute atomic E-state index is 0.0789. The van der Waals surface area contributed by atoms with E-state index in [4.69, 9.17) is 0 Å². The van der Waals surface area contributed by atoms with E-state index in [1.165, 1.54) is 11.3 Å². The van der Waals surface area contributed by atoms with Crippen LogP contribution in [0.15, 0.2) is 6.08 Å². The second kappa shape index (κ2) is 10.9. The van der Waals surface area contributed by atoms with Gasteiger partial charge in [0.25, 0.3) is 5.91 Å². The highest BCUT2D eigenvalue weighted by atomic mass is 127. The summed E-state index contributed by atoms with van der Waals surface area (Å²) < 4.78 is 0.821. The van der Waals surface area contributed by atoms with E-state index in [-0.39, 0.29) is 22.9 Å². The van der Waals surface area contributed by atoms with Crippen molar-refractivity contribution in [3.05, 3.63) is 36.9 Å². The van der Waals surface area contributed by atoms with Gasteiger partial charge < -0.3 is 20.7 Å². The third-order valence-corrected chi connectivity index (χ3v) is 7.94. The first-order chi connectivity index (χ1) is 15.3. The molecule has 32 heavy (non-hydrogen) atoms. The van der Waals surface area contributed by atoms with Gasteiger partial charge in [0.05, 0.1) is 5.69 Å². The first-order valence-corrected chi connectivity index (χ1v) is 12.9. The molecule has 2 heterocycles. The van der Waals surface area contributed by atoms with Crippen LogP contribution in [-0.4, -0.2) is 50.1 Å². The van der Waals surface area contributed by atoms with Crippen LogP contribution in [0.25, 0.3) is 5.57 Å². The number of H-pyrrole nitrogens is 1. The summed E-state index contributed by atoms with van der Waals surface area (Å²) in [7, 11) is 0. The highest BCUT2D eigenvalue weighted by Gasteiger charge is 2.30. The van der Waals surface area contributed by atoms with Crippen molar-refractivity contribution in [1.82, 2.24) is 25.6 Å². The van der Waals surface area contributed by atoms with Crippen LogP contribution in [0.2, 0.25) is 0 Å². The van der Waals surface area contributed by atoms with Crippen molar-refractivity contribution in [2.24, 2.45) is 0 Å². The van der Waals surface area contributed by atoms with Gasteiger partial charge in [0.2, 0.25) is 0 Å². The second-order valence-corrected chi connectivity index (χ2v) is 9.98. The molecule has 0 bridgehead atoms. The van der Waals surface area contributed by atoms with Crippen molar-refractivity contribution in [3.63, 3.8) is 0 Å². The number of carboxylic acids is 1. The number of hydrogen-bond acceptors (Lipinski definition) is 6. The third-order valence-electron chi connectivity index (χ3n) is 5.83. The molecule has 4 N–H and O–H groups in total. The molecule has 0 saturated carbocycles. The number of nitrogens with one attached hydrogen (secondary N) is 3. The van der Waals surface area contributed by atoms with Crippen LogP contribution in [-0.2, 0) is 6.42 Å². The fourth-order valence-corrected chi connectivity index (χ4v) is 5.62. The molecular weight excluding hydrogens is 541 g/mol. The molecule has 2 aromatic heterocycles. The molecule has 2 aromatic rings. The van der Waals surface area contributed by atoms with Crippen LogP contribution in [0.1, 0.15) is 83.1 Å². The lowest BCUT2D eigenvalue weighted by Crippen LogP contribution is -2.53. The van der Waals surface area contributed by atoms with Gasteiger partial charge in [0.15, 0.2) is 5.82 Å². The van der Waals surface area contributed by atoms with Crippen molar-refractivity contribution in [2.45, 2.75) is 77.9 Å². The van der Waals surface area contributed by atoms with Crippen molar-refractivity contribution >= 4 is 51.4 Å². The topological polar surface area (TPSA) is 120 Å². The Bertz CT molecular complexity index is 1010. The van der Waals surface area contributed by atoms with Crippen molar-refractivity contribution in [2.75, 3.05) is 0 Å². The Kier molecular flexibility index (Phi) is 8.45. The Morgan fingerprint density at radius 1 is 1.31 bits per heavy atom. The van der Waals surface area contributed by atoms with E-state index < -0.39 is 5.97 Å². The van der Waals surface area contributed by atoms with Crippen LogP contribution >= 0.6 is 33.9 Å². The van der Waals surface area contributed by atoms with Crippen LogP contribution in [0.4, 0.5) is 0 Å². The molecule has 0 fully saturated rings. The Morgan fingerprint density at radius 3 is 2.59 bits per heavy atom. The molecule has 0 unspecified atom stereocenters. The Hall–Kier alpha value is -1.79. The Labute approximate surface area is 205 Å². The molecule has 2 atom stereocenters. The minimum Gasteiger partial charge on any atom is -0.477 e. The number of carboxylic acid groups (broad SMARTS) is 1. The molecule has 8 nitrogen and oxygen atoms in total. The molecule has 0 saturated heterocycles. The lowest BCUT2D eigenvalue weighted by Gasteiger charge is -2.33. The van der Waals surface area contributed by atoms with E-state index in [9.17, 15) is 14.7 Å². The van der Waals surface area contributed by atoms with E-state index in [0.717, 1.165) is 45.7 Å². The second-order valence-electron chi connectivity index (χ2n) is 7.96. The van der Waals surface area contributed by atoms with Crippen LogP contribution in [0, 0.1) is 10.6 Å². The smallest absolute Gasteiger partial charge is 0.347 e. The van der Waals surface area contributed by atoms with Gasteiger partial charge in [-0.25, -0.2) is 14.8 Å². The van der Waals surface area contributed by atoms with Gasteiger partial charge in [-0.05, 0) is 67.2 Å². The number of halogens is 1. The monoisotopic (exact) mass is 571 g/mol. The van der Waals surface area contributed by atoms with E-state index in [2.05, 4.69) is 68.1 Å². The summed E-state index contributed by atoms with van der Waals surface area (Å²) in [5.74, 6) is -0.818. The fraction of sp³-hybridized carbons (Fsp3) is 0.545. The maximum atomic E-state index is 12.9. The molecule has 1 amide bonds. The number of thiazole rings is 1. The summed E-state index contributed by atoms with van der Waals surface area (Å²) in [5, 5.41) is 17.0. The number of allylic oxidation sites excluding steroid dienone is 1. The van der Waals surface area contributed by atoms with E-state index >= 15 is 0 Å². The van der Waals surface area contributed by atoms with E-state index in [1.807, 2.05) is 6.92 Å². The summed E-state index contributed by atoms with van der Waals surface area (Å²) in [4.78, 5) is 36.6. The summed E-state index contributed by atoms with van der Waals surface area (Å²) in [6.07, 6.45) is 6.31. The van der Waals surface area contributed by atoms with Gasteiger partial charge in [0.1, 0.15) is 13.6 Å². The summed E-state index contributed by atoms with van der Waals surface area (Å²) >= 11 is 3.36. The lowest BCUT2D eigenvalue weighted by molar-refractivity contribution is 0.0700. The zero-order chi connectivity index (χ0) is 23.4. The summed E-state index contributed by atoms with van der Waals surface area (Å²) in [5.41, 5.74) is 2.53. The zero-order valence-corrected chi connectivity index (χ0v) is 21.8. The quantitative estimate of drug-likeness (QED) is 0.336. The van der Waals surface area contributed by atoms with Crippen LogP contribution in [0.5, 0.6) is 0 Å². The average molecular weight is 571 g/mol. The van der Waals surface area contributed by atoms with Gasteiger partial charge in [-0.3, -0.25) is 4.79 Å². The number of aryl methyl sites for hydroxylation is 2. The third kappa shape index (κ3) is 5.57. The molecule has 0 spiro atoms. The maximum Gasteiger partial charge on any atom is 0.347 e. The Morgan fingerprint density at radius 2 is 2.03 bits per heavy atom. The number of carbonyl (C=O) groups excluding carboxylic acids is 1. The normalized spacial score (nSPS) is 18.6. The molecule has 3 rings (SSSR count). The highest BCUT2D eigenvalue weighted by Crippen LogP contribution is 2.32. The molecule has 10 heteroatoms. The predicted octanol–water partition coefficient (Wildman–Crippen LogP) is 4.16. The number of carbonyl (C=O) groups is 2. The van der Waals surface area contributed by atoms with Gasteiger partial charge in [0, 0.05) is 23.8 Å². The van der Waals surface area contributed by atoms with Crippen molar-refractivity contribution < 1.29 is 14.7 Å². The average Bonchev–Trinajstić information content (AvgIpc) is 3.35. The summed E-state index contributed by atoms with van der Waals surface area (Å²) in [6, 6.07) is 0.142. The number of imidazole rings is 1. The number of hydrogen-bond donors (Lipinski definition) is 4. The number of rotatable bonds is 9. The lowest BCUT2D eigenvalue weighted by atomic mass is 9.90. The van der Waals surface area contributed by atoms with E-state index in [0.29, 0.717) is 24.0 Å². The molecule has 1 aliphatic carbocycles. The minimum atomic E-state index is -0.945. The van der Waals surface area contributed by atoms with Gasteiger partial charge in [-0.15, -0.1) is 11.3 Å². The summed E-state index contributed by atoms with van der Waals surface area (Å²) in [6.45, 7) is 8.03. The van der Waals surface area contributed by atoms with Crippen molar-refractivity contribution in [1.29, 1.82) is 0 Å². The number of amides is 1. The number of aromatic carboxylic acids is 1. The first-order valence-electron chi connectivity index (χ1n) is 11.0. The van der Waals surface area contributed by atoms with Crippen molar-refractivity contribution in [3.8, 4) is 0 Å². The Balaban J connectivity index is 1.85. The largest absolute Gasteiger partial charge is 0.477 e. The highest BCUT2D eigenvalue weighted by molar-refractivity contribution is 14.1.